The van der Waals surface area contributed by atoms with E-state index in [1.54, 1.807) is 6.08 Å². The monoisotopic (exact) mass is 295 g/mol. The summed E-state index contributed by atoms with van der Waals surface area (Å²) in [5, 5.41) is 11.6. The lowest BCUT2D eigenvalue weighted by Crippen LogP contribution is -2.40. The molecule has 0 saturated carbocycles. The van der Waals surface area contributed by atoms with Gasteiger partial charge in [0.25, 0.3) is 0 Å². The third kappa shape index (κ3) is 13.2. The first-order chi connectivity index (χ1) is 9.74. The van der Waals surface area contributed by atoms with Crippen LogP contribution in [0.4, 0.5) is 0 Å². The van der Waals surface area contributed by atoms with Gasteiger partial charge >= 0.3 is 5.97 Å². The van der Waals surface area contributed by atoms with Gasteiger partial charge in [-0.2, -0.15) is 0 Å². The molecule has 0 saturated heterocycles. The van der Waals surface area contributed by atoms with Crippen molar-refractivity contribution in [2.45, 2.75) is 71.8 Å². The van der Waals surface area contributed by atoms with Gasteiger partial charge in [0.1, 0.15) is 0 Å². The Hall–Kier alpha value is -1.58. The molecule has 0 aliphatic rings. The van der Waals surface area contributed by atoms with Crippen LogP contribution in [0.25, 0.3) is 0 Å². The molecule has 21 heavy (non-hydrogen) atoms. The van der Waals surface area contributed by atoms with Crippen molar-refractivity contribution < 1.29 is 14.7 Å². The molecule has 0 aromatic heterocycles. The van der Waals surface area contributed by atoms with Crippen LogP contribution in [0.3, 0.4) is 0 Å². The average molecular weight is 295 g/mol. The molecule has 0 rings (SSSR count). The van der Waals surface area contributed by atoms with E-state index in [9.17, 15) is 9.59 Å². The number of carbonyl (C=O) groups is 2. The molecule has 1 amide bonds. The number of hydrogen-bond donors (Lipinski definition) is 2. The van der Waals surface area contributed by atoms with Crippen LogP contribution in [-0.4, -0.2) is 22.5 Å². The Morgan fingerprint density at radius 3 is 2.29 bits per heavy atom. The lowest BCUT2D eigenvalue weighted by Gasteiger charge is -2.20. The van der Waals surface area contributed by atoms with Crippen molar-refractivity contribution in [1.82, 2.24) is 5.32 Å². The lowest BCUT2D eigenvalue weighted by molar-refractivity contribution is -0.131. The summed E-state index contributed by atoms with van der Waals surface area (Å²) < 4.78 is 0. The second-order valence-electron chi connectivity index (χ2n) is 6.24. The molecule has 0 aliphatic carbocycles. The van der Waals surface area contributed by atoms with Crippen LogP contribution in [0.2, 0.25) is 0 Å². The molecule has 4 heteroatoms. The smallest absolute Gasteiger partial charge is 0.328 e. The van der Waals surface area contributed by atoms with Gasteiger partial charge in [-0.3, -0.25) is 4.79 Å². The summed E-state index contributed by atoms with van der Waals surface area (Å²) in [7, 11) is 0. The Kier molecular flexibility index (Phi) is 9.42. The number of unbranched alkanes of at least 4 members (excludes halogenated alkanes) is 3. The minimum absolute atomic E-state index is 0.00863. The number of nitrogens with one attached hydrogen (secondary N) is 1. The fraction of sp³-hybridized carbons (Fsp3) is 0.647. The van der Waals surface area contributed by atoms with Crippen molar-refractivity contribution in [3.8, 4) is 0 Å². The van der Waals surface area contributed by atoms with Gasteiger partial charge in [0.2, 0.25) is 5.91 Å². The maximum atomic E-state index is 11.8. The predicted octanol–water partition coefficient (Wildman–Crippen LogP) is 3.83. The summed E-state index contributed by atoms with van der Waals surface area (Å²) in [6.07, 6.45) is 10.0. The van der Waals surface area contributed by atoms with Crippen molar-refractivity contribution >= 4 is 11.9 Å². The van der Waals surface area contributed by atoms with E-state index in [0.29, 0.717) is 12.8 Å². The quantitative estimate of drug-likeness (QED) is 0.386. The fourth-order valence-corrected chi connectivity index (χ4v) is 1.85. The fourth-order valence-electron chi connectivity index (χ4n) is 1.85. The topological polar surface area (TPSA) is 66.4 Å². The van der Waals surface area contributed by atoms with Gasteiger partial charge in [-0.15, -0.1) is 0 Å². The van der Waals surface area contributed by atoms with Crippen molar-refractivity contribution in [2.24, 2.45) is 0 Å². The summed E-state index contributed by atoms with van der Waals surface area (Å²) in [6.45, 7) is 7.97. The van der Waals surface area contributed by atoms with Gasteiger partial charge < -0.3 is 10.4 Å². The Morgan fingerprint density at radius 2 is 1.76 bits per heavy atom. The average Bonchev–Trinajstić information content (AvgIpc) is 2.34. The number of carbonyl (C=O) groups excluding carboxylic acids is 1. The molecule has 0 atom stereocenters. The van der Waals surface area contributed by atoms with Crippen LogP contribution in [0.15, 0.2) is 23.8 Å². The first-order valence-electron chi connectivity index (χ1n) is 7.65. The molecule has 120 valence electrons. The number of allylic oxidation sites excluding steroid dienone is 3. The summed E-state index contributed by atoms with van der Waals surface area (Å²) >= 11 is 0. The van der Waals surface area contributed by atoms with Gasteiger partial charge in [0.05, 0.1) is 0 Å². The van der Waals surface area contributed by atoms with E-state index >= 15 is 0 Å². The Labute approximate surface area is 128 Å². The molecule has 0 aromatic carbocycles. The minimum atomic E-state index is -0.964. The van der Waals surface area contributed by atoms with Crippen LogP contribution in [0.5, 0.6) is 0 Å². The third-order valence-corrected chi connectivity index (χ3v) is 2.81. The van der Waals surface area contributed by atoms with Gasteiger partial charge in [-0.1, -0.05) is 37.5 Å². The number of aliphatic carboxylic acids is 1. The Balaban J connectivity index is 4.46. The number of rotatable bonds is 9. The molecule has 0 unspecified atom stereocenters. The Bertz CT molecular complexity index is 389. The maximum absolute atomic E-state index is 11.8. The number of carboxylic acid groups (broad SMARTS) is 1. The first-order valence-corrected chi connectivity index (χ1v) is 7.65. The van der Waals surface area contributed by atoms with E-state index in [-0.39, 0.29) is 11.4 Å². The summed E-state index contributed by atoms with van der Waals surface area (Å²) in [5.74, 6) is -0.973. The molecule has 4 nitrogen and oxygen atoms in total. The molecular formula is C17H29NO3. The van der Waals surface area contributed by atoms with E-state index in [4.69, 9.17) is 5.11 Å². The summed E-state index contributed by atoms with van der Waals surface area (Å²) in [4.78, 5) is 22.4. The molecule has 0 aromatic rings. The van der Waals surface area contributed by atoms with E-state index in [1.165, 1.54) is 0 Å². The van der Waals surface area contributed by atoms with E-state index < -0.39 is 5.97 Å². The van der Waals surface area contributed by atoms with Crippen molar-refractivity contribution in [3.05, 3.63) is 23.8 Å². The van der Waals surface area contributed by atoms with Crippen molar-refractivity contribution in [3.63, 3.8) is 0 Å². The molecular weight excluding hydrogens is 266 g/mol. The second-order valence-corrected chi connectivity index (χ2v) is 6.24. The van der Waals surface area contributed by atoms with E-state index in [1.807, 2.05) is 26.8 Å². The zero-order valence-electron chi connectivity index (χ0n) is 13.7. The van der Waals surface area contributed by atoms with Gasteiger partial charge in [-0.25, -0.2) is 4.79 Å². The zero-order valence-corrected chi connectivity index (χ0v) is 13.7. The Morgan fingerprint density at radius 1 is 1.10 bits per heavy atom. The van der Waals surface area contributed by atoms with Gasteiger partial charge in [-0.05, 0) is 40.0 Å². The highest BCUT2D eigenvalue weighted by atomic mass is 16.4. The van der Waals surface area contributed by atoms with E-state index in [0.717, 1.165) is 37.3 Å². The molecule has 2 N–H and O–H groups in total. The standard InChI is InChI=1S/C17H29NO3/c1-5-6-7-8-9-14(11-13-16(20)21)10-12-15(19)18-17(2,3)4/h9,11,13H,5-8,10,12H2,1-4H3,(H,18,19)(H,20,21)/b13-11+,14-9+. The van der Waals surface area contributed by atoms with Crippen LogP contribution in [0.1, 0.15) is 66.2 Å². The van der Waals surface area contributed by atoms with Gasteiger partial charge in [0.15, 0.2) is 0 Å². The molecule has 0 bridgehead atoms. The lowest BCUT2D eigenvalue weighted by atomic mass is 10.0. The van der Waals surface area contributed by atoms with Crippen LogP contribution < -0.4 is 5.32 Å². The summed E-state index contributed by atoms with van der Waals surface area (Å²) in [5.41, 5.74) is 0.677. The largest absolute Gasteiger partial charge is 0.478 e. The zero-order chi connectivity index (χ0) is 16.3. The second kappa shape index (κ2) is 10.2. The normalized spacial score (nSPS) is 12.7. The third-order valence-electron chi connectivity index (χ3n) is 2.81. The SMILES string of the molecule is CCCCC/C=C(/C=C/C(=O)O)CCC(=O)NC(C)(C)C. The molecule has 0 radical (unpaired) electrons. The highest BCUT2D eigenvalue weighted by Crippen LogP contribution is 2.12. The first kappa shape index (κ1) is 19.4. The van der Waals surface area contributed by atoms with Crippen LogP contribution >= 0.6 is 0 Å². The molecule has 0 fully saturated rings. The summed E-state index contributed by atoms with van der Waals surface area (Å²) in [6, 6.07) is 0. The number of carboxylic acids is 1. The number of amides is 1. The predicted molar refractivity (Wildman–Crippen MR) is 86.1 cm³/mol. The highest BCUT2D eigenvalue weighted by Gasteiger charge is 2.13. The highest BCUT2D eigenvalue weighted by molar-refractivity contribution is 5.80. The molecule has 0 spiro atoms. The molecule has 0 heterocycles. The number of hydrogen-bond acceptors (Lipinski definition) is 2. The maximum Gasteiger partial charge on any atom is 0.328 e. The van der Waals surface area contributed by atoms with Crippen molar-refractivity contribution in [2.75, 3.05) is 0 Å². The van der Waals surface area contributed by atoms with Crippen molar-refractivity contribution in [1.29, 1.82) is 0 Å². The van der Waals surface area contributed by atoms with E-state index in [2.05, 4.69) is 12.2 Å². The molecule has 0 aliphatic heterocycles. The minimum Gasteiger partial charge on any atom is -0.478 e. The van der Waals surface area contributed by atoms with Crippen LogP contribution in [-0.2, 0) is 9.59 Å². The van der Waals surface area contributed by atoms with Gasteiger partial charge in [0, 0.05) is 18.0 Å². The van der Waals surface area contributed by atoms with Crippen LogP contribution in [0, 0.1) is 0 Å².